The van der Waals surface area contributed by atoms with E-state index >= 15 is 0 Å². The van der Waals surface area contributed by atoms with Crippen LogP contribution in [0, 0.1) is 5.41 Å². The van der Waals surface area contributed by atoms with Crippen LogP contribution < -0.4 is 16.2 Å². The van der Waals surface area contributed by atoms with Crippen molar-refractivity contribution in [1.82, 2.24) is 9.88 Å². The molecule has 0 atom stereocenters. The van der Waals surface area contributed by atoms with Crippen molar-refractivity contribution in [3.05, 3.63) is 28.7 Å². The van der Waals surface area contributed by atoms with Crippen molar-refractivity contribution in [2.24, 2.45) is 5.41 Å². The lowest BCUT2D eigenvalue weighted by atomic mass is 9.89. The Kier molecular flexibility index (Phi) is 6.82. The molecule has 0 fully saturated rings. The average molecular weight is 349 g/mol. The van der Waals surface area contributed by atoms with Crippen LogP contribution in [0.3, 0.4) is 0 Å². The Hall–Kier alpha value is -2.03. The average Bonchev–Trinajstić information content (AvgIpc) is 2.46. The summed E-state index contributed by atoms with van der Waals surface area (Å²) in [4.78, 5) is 23.6. The lowest BCUT2D eigenvalue weighted by Crippen LogP contribution is -2.35. The quantitative estimate of drug-likeness (QED) is 0.661. The number of aliphatic hydroxyl groups excluding tert-OH is 1. The summed E-state index contributed by atoms with van der Waals surface area (Å²) in [6.45, 7) is 2.71. The zero-order chi connectivity index (χ0) is 18.4. The maximum atomic E-state index is 12.4. The molecule has 1 aromatic heterocycles. The standard InChI is InChI=1S/C15H22F3N3O3/c1-14(2,10-22)6-4-7-19-13(24)20-11-5-3-8-21(12(11)23)9-15(16,17)18/h3,5,8,22H,4,6-7,9-10H2,1-2H3,(H2,19,20,24). The molecule has 0 aliphatic carbocycles. The maximum absolute atomic E-state index is 12.4. The van der Waals surface area contributed by atoms with Gasteiger partial charge in [-0.1, -0.05) is 13.8 Å². The summed E-state index contributed by atoms with van der Waals surface area (Å²) in [6.07, 6.45) is -2.21. The number of rotatable bonds is 7. The molecule has 0 saturated heterocycles. The van der Waals surface area contributed by atoms with Gasteiger partial charge in [0.2, 0.25) is 0 Å². The molecule has 2 amide bonds. The normalized spacial score (nSPS) is 12.1. The molecular formula is C15H22F3N3O3. The first kappa shape index (κ1) is 20.0. The van der Waals surface area contributed by atoms with Gasteiger partial charge in [0.15, 0.2) is 0 Å². The Morgan fingerprint density at radius 2 is 2.00 bits per heavy atom. The topological polar surface area (TPSA) is 83.4 Å². The molecule has 0 radical (unpaired) electrons. The second-order valence-electron chi connectivity index (χ2n) is 6.28. The number of urea groups is 1. The first-order chi connectivity index (χ1) is 11.0. The molecule has 0 saturated carbocycles. The predicted octanol–water partition coefficient (Wildman–Crippen LogP) is 2.33. The van der Waals surface area contributed by atoms with E-state index in [-0.39, 0.29) is 17.7 Å². The fraction of sp³-hybridized carbons (Fsp3) is 0.600. The molecule has 1 rings (SSSR count). The molecule has 136 valence electrons. The molecular weight excluding hydrogens is 327 g/mol. The van der Waals surface area contributed by atoms with Crippen LogP contribution in [0.5, 0.6) is 0 Å². The van der Waals surface area contributed by atoms with Crippen LogP contribution in [0.4, 0.5) is 23.7 Å². The number of anilines is 1. The van der Waals surface area contributed by atoms with Gasteiger partial charge in [0.25, 0.3) is 5.56 Å². The monoisotopic (exact) mass is 349 g/mol. The lowest BCUT2D eigenvalue weighted by molar-refractivity contribution is -0.141. The summed E-state index contributed by atoms with van der Waals surface area (Å²) < 4.78 is 37.6. The van der Waals surface area contributed by atoms with Crippen LogP contribution in [-0.2, 0) is 6.54 Å². The number of aromatic nitrogens is 1. The van der Waals surface area contributed by atoms with Crippen molar-refractivity contribution in [3.63, 3.8) is 0 Å². The molecule has 1 heterocycles. The van der Waals surface area contributed by atoms with E-state index in [9.17, 15) is 22.8 Å². The smallest absolute Gasteiger partial charge is 0.396 e. The molecule has 9 heteroatoms. The van der Waals surface area contributed by atoms with Gasteiger partial charge < -0.3 is 20.3 Å². The summed E-state index contributed by atoms with van der Waals surface area (Å²) in [6, 6.07) is 1.83. The number of carbonyl (C=O) groups excluding carboxylic acids is 1. The molecule has 0 aliphatic rings. The molecule has 0 bridgehead atoms. The number of hydrogen-bond acceptors (Lipinski definition) is 3. The van der Waals surface area contributed by atoms with Gasteiger partial charge in [-0.3, -0.25) is 4.79 Å². The third kappa shape index (κ3) is 7.03. The van der Waals surface area contributed by atoms with Crippen LogP contribution in [0.25, 0.3) is 0 Å². The van der Waals surface area contributed by atoms with Crippen LogP contribution in [0.2, 0.25) is 0 Å². The highest BCUT2D eigenvalue weighted by Crippen LogP contribution is 2.20. The van der Waals surface area contributed by atoms with E-state index in [1.165, 1.54) is 12.1 Å². The van der Waals surface area contributed by atoms with Crippen LogP contribution in [0.1, 0.15) is 26.7 Å². The minimum absolute atomic E-state index is 0.0297. The Morgan fingerprint density at radius 3 is 2.58 bits per heavy atom. The second-order valence-corrected chi connectivity index (χ2v) is 6.28. The van der Waals surface area contributed by atoms with E-state index in [0.717, 1.165) is 6.20 Å². The zero-order valence-corrected chi connectivity index (χ0v) is 13.6. The molecule has 0 spiro atoms. The summed E-state index contributed by atoms with van der Waals surface area (Å²) in [7, 11) is 0. The van der Waals surface area contributed by atoms with Gasteiger partial charge >= 0.3 is 12.2 Å². The van der Waals surface area contributed by atoms with E-state index in [4.69, 9.17) is 5.11 Å². The van der Waals surface area contributed by atoms with Crippen molar-refractivity contribution in [2.75, 3.05) is 18.5 Å². The summed E-state index contributed by atoms with van der Waals surface area (Å²) in [5.41, 5.74) is -1.40. The highest BCUT2D eigenvalue weighted by Gasteiger charge is 2.28. The number of halogens is 3. The van der Waals surface area contributed by atoms with E-state index in [0.29, 0.717) is 24.0 Å². The Morgan fingerprint density at radius 1 is 1.33 bits per heavy atom. The molecule has 0 aliphatic heterocycles. The first-order valence-corrected chi connectivity index (χ1v) is 7.46. The third-order valence-corrected chi connectivity index (χ3v) is 3.36. The van der Waals surface area contributed by atoms with Crippen molar-refractivity contribution < 1.29 is 23.1 Å². The zero-order valence-electron chi connectivity index (χ0n) is 13.6. The summed E-state index contributed by atoms with van der Waals surface area (Å²) in [5, 5.41) is 13.9. The molecule has 6 nitrogen and oxygen atoms in total. The Labute approximate surface area is 137 Å². The largest absolute Gasteiger partial charge is 0.406 e. The van der Waals surface area contributed by atoms with Gasteiger partial charge in [-0.2, -0.15) is 13.2 Å². The summed E-state index contributed by atoms with van der Waals surface area (Å²) >= 11 is 0. The Balaban J connectivity index is 2.56. The number of nitrogens with one attached hydrogen (secondary N) is 2. The van der Waals surface area contributed by atoms with E-state index in [1.807, 2.05) is 13.8 Å². The number of aliphatic hydroxyl groups is 1. The maximum Gasteiger partial charge on any atom is 0.406 e. The van der Waals surface area contributed by atoms with Crippen LogP contribution in [-0.4, -0.2) is 35.0 Å². The fourth-order valence-electron chi connectivity index (χ4n) is 1.96. The predicted molar refractivity (Wildman–Crippen MR) is 83.9 cm³/mol. The van der Waals surface area contributed by atoms with E-state index in [1.54, 1.807) is 0 Å². The second kappa shape index (κ2) is 8.18. The summed E-state index contributed by atoms with van der Waals surface area (Å²) in [5.74, 6) is 0. The highest BCUT2D eigenvalue weighted by atomic mass is 19.4. The minimum atomic E-state index is -4.52. The van der Waals surface area contributed by atoms with Gasteiger partial charge in [0, 0.05) is 19.3 Å². The number of carbonyl (C=O) groups is 1. The molecule has 24 heavy (non-hydrogen) atoms. The van der Waals surface area contributed by atoms with Crippen molar-refractivity contribution in [2.45, 2.75) is 39.4 Å². The number of amides is 2. The van der Waals surface area contributed by atoms with Crippen molar-refractivity contribution in [3.8, 4) is 0 Å². The fourth-order valence-corrected chi connectivity index (χ4v) is 1.96. The van der Waals surface area contributed by atoms with Crippen molar-refractivity contribution >= 4 is 11.7 Å². The number of alkyl halides is 3. The van der Waals surface area contributed by atoms with Crippen molar-refractivity contribution in [1.29, 1.82) is 0 Å². The minimum Gasteiger partial charge on any atom is -0.396 e. The molecule has 3 N–H and O–H groups in total. The first-order valence-electron chi connectivity index (χ1n) is 7.46. The van der Waals surface area contributed by atoms with Gasteiger partial charge in [-0.25, -0.2) is 4.79 Å². The van der Waals surface area contributed by atoms with Gasteiger partial charge in [-0.15, -0.1) is 0 Å². The van der Waals surface area contributed by atoms with Gasteiger partial charge in [-0.05, 0) is 30.4 Å². The lowest BCUT2D eigenvalue weighted by Gasteiger charge is -2.21. The number of nitrogens with zero attached hydrogens (tertiary/aromatic N) is 1. The molecule has 0 aromatic carbocycles. The SMILES string of the molecule is CC(C)(CO)CCCNC(=O)Nc1cccn(CC(F)(F)F)c1=O. The highest BCUT2D eigenvalue weighted by molar-refractivity contribution is 5.88. The van der Waals surface area contributed by atoms with Gasteiger partial charge in [0.1, 0.15) is 12.2 Å². The van der Waals surface area contributed by atoms with Crippen LogP contribution >= 0.6 is 0 Å². The number of pyridine rings is 1. The molecule has 1 aromatic rings. The van der Waals surface area contributed by atoms with Crippen LogP contribution in [0.15, 0.2) is 23.1 Å². The number of hydrogen-bond donors (Lipinski definition) is 3. The van der Waals surface area contributed by atoms with Gasteiger partial charge in [0.05, 0.1) is 0 Å². The third-order valence-electron chi connectivity index (χ3n) is 3.36. The molecule has 0 unspecified atom stereocenters. The van der Waals surface area contributed by atoms with E-state index in [2.05, 4.69) is 10.6 Å². The van der Waals surface area contributed by atoms with E-state index < -0.39 is 24.3 Å². The Bertz CT molecular complexity index is 612.